The van der Waals surface area contributed by atoms with Gasteiger partial charge in [-0.05, 0) is 43.2 Å². The van der Waals surface area contributed by atoms with Crippen molar-refractivity contribution in [3.63, 3.8) is 0 Å². The first-order chi connectivity index (χ1) is 8.94. The van der Waals surface area contributed by atoms with Crippen molar-refractivity contribution in [1.29, 1.82) is 0 Å². The largest absolute Gasteiger partial charge is 0.371 e. The van der Waals surface area contributed by atoms with Crippen LogP contribution in [0.15, 0.2) is 18.2 Å². The zero-order valence-electron chi connectivity index (χ0n) is 11.9. The average molecular weight is 280 g/mol. The molecule has 2 rings (SSSR count). The Morgan fingerprint density at radius 1 is 1.32 bits per heavy atom. The zero-order valence-corrected chi connectivity index (χ0v) is 12.7. The molecule has 0 amide bonds. The number of hydrogen-bond acceptors (Lipinski definition) is 2. The van der Waals surface area contributed by atoms with Crippen molar-refractivity contribution >= 4 is 23.6 Å². The van der Waals surface area contributed by atoms with Crippen LogP contribution in [0.25, 0.3) is 0 Å². The van der Waals surface area contributed by atoms with Crippen molar-refractivity contribution in [2.75, 3.05) is 11.9 Å². The van der Waals surface area contributed by atoms with Gasteiger partial charge in [0.2, 0.25) is 0 Å². The second-order valence-corrected chi connectivity index (χ2v) is 6.70. The van der Waals surface area contributed by atoms with E-state index in [0.29, 0.717) is 22.0 Å². The summed E-state index contributed by atoms with van der Waals surface area (Å²) in [6.45, 7) is 4.67. The molecular weight excluding hydrogens is 258 g/mol. The molecule has 0 spiro atoms. The molecule has 19 heavy (non-hydrogen) atoms. The highest BCUT2D eigenvalue weighted by Gasteiger charge is 2.29. The van der Waals surface area contributed by atoms with E-state index in [9.17, 15) is 4.79 Å². The van der Waals surface area contributed by atoms with Crippen LogP contribution in [0.1, 0.15) is 49.9 Å². The Balaban J connectivity index is 2.19. The van der Waals surface area contributed by atoms with Gasteiger partial charge in [0.15, 0.2) is 6.29 Å². The topological polar surface area (TPSA) is 20.3 Å². The summed E-state index contributed by atoms with van der Waals surface area (Å²) in [5.74, 6) is 0. The molecule has 0 bridgehead atoms. The van der Waals surface area contributed by atoms with Gasteiger partial charge in [-0.1, -0.05) is 31.5 Å². The third kappa shape index (κ3) is 3.11. The predicted octanol–water partition coefficient (Wildman–Crippen LogP) is 4.56. The maximum atomic E-state index is 11.2. The Kier molecular flexibility index (Phi) is 4.19. The lowest BCUT2D eigenvalue weighted by Crippen LogP contribution is -2.37. The minimum absolute atomic E-state index is 0.458. The van der Waals surface area contributed by atoms with E-state index in [1.54, 1.807) is 6.07 Å². The molecule has 0 aliphatic heterocycles. The molecule has 104 valence electrons. The summed E-state index contributed by atoms with van der Waals surface area (Å²) in [4.78, 5) is 13.5. The summed E-state index contributed by atoms with van der Waals surface area (Å²) in [5.41, 5.74) is 2.02. The van der Waals surface area contributed by atoms with Crippen LogP contribution in [-0.2, 0) is 0 Å². The maximum absolute atomic E-state index is 11.2. The smallest absolute Gasteiger partial charge is 0.153 e. The van der Waals surface area contributed by atoms with Crippen molar-refractivity contribution in [3.8, 4) is 0 Å². The van der Waals surface area contributed by atoms with Crippen LogP contribution in [0, 0.1) is 5.41 Å². The van der Waals surface area contributed by atoms with E-state index in [1.165, 1.54) is 25.7 Å². The Hall–Kier alpha value is -1.02. The Morgan fingerprint density at radius 3 is 2.53 bits per heavy atom. The number of benzene rings is 1. The van der Waals surface area contributed by atoms with Crippen molar-refractivity contribution in [1.82, 2.24) is 0 Å². The third-order valence-electron chi connectivity index (χ3n) is 4.38. The minimum Gasteiger partial charge on any atom is -0.371 e. The van der Waals surface area contributed by atoms with Gasteiger partial charge in [-0.3, -0.25) is 4.79 Å². The number of nitrogens with zero attached hydrogens (tertiary/aromatic N) is 1. The van der Waals surface area contributed by atoms with Crippen LogP contribution in [0.5, 0.6) is 0 Å². The van der Waals surface area contributed by atoms with Crippen LogP contribution < -0.4 is 4.90 Å². The molecular formula is C16H22ClNO. The summed E-state index contributed by atoms with van der Waals surface area (Å²) in [7, 11) is 2.07. The first-order valence-corrected chi connectivity index (χ1v) is 7.29. The number of carbonyl (C=O) groups excluding carboxylic acids is 1. The molecule has 0 heterocycles. The molecule has 0 saturated heterocycles. The molecule has 1 aliphatic rings. The average Bonchev–Trinajstić information content (AvgIpc) is 2.37. The summed E-state index contributed by atoms with van der Waals surface area (Å²) < 4.78 is 0. The van der Waals surface area contributed by atoms with Gasteiger partial charge in [0.1, 0.15) is 0 Å². The number of aldehydes is 1. The maximum Gasteiger partial charge on any atom is 0.153 e. The molecule has 0 radical (unpaired) electrons. The normalized spacial score (nSPS) is 19.2. The lowest BCUT2D eigenvalue weighted by atomic mass is 9.75. The Morgan fingerprint density at radius 2 is 1.95 bits per heavy atom. The van der Waals surface area contributed by atoms with E-state index in [-0.39, 0.29) is 0 Å². The number of rotatable bonds is 3. The van der Waals surface area contributed by atoms with Gasteiger partial charge >= 0.3 is 0 Å². The van der Waals surface area contributed by atoms with Gasteiger partial charge in [0, 0.05) is 18.8 Å². The van der Waals surface area contributed by atoms with Gasteiger partial charge in [-0.2, -0.15) is 0 Å². The molecule has 0 unspecified atom stereocenters. The van der Waals surface area contributed by atoms with E-state index in [4.69, 9.17) is 11.6 Å². The SMILES string of the molecule is CN(c1cccc(Cl)c1C=O)C1CCC(C)(C)CC1. The fourth-order valence-corrected chi connectivity index (χ4v) is 3.13. The van der Waals surface area contributed by atoms with Gasteiger partial charge in [0.25, 0.3) is 0 Å². The van der Waals surface area contributed by atoms with E-state index >= 15 is 0 Å². The lowest BCUT2D eigenvalue weighted by Gasteiger charge is -2.40. The van der Waals surface area contributed by atoms with Gasteiger partial charge in [0.05, 0.1) is 10.6 Å². The highest BCUT2D eigenvalue weighted by Crippen LogP contribution is 2.38. The Labute approximate surface area is 120 Å². The first kappa shape index (κ1) is 14.4. The molecule has 3 heteroatoms. The highest BCUT2D eigenvalue weighted by atomic mass is 35.5. The fraction of sp³-hybridized carbons (Fsp3) is 0.562. The van der Waals surface area contributed by atoms with Crippen LogP contribution >= 0.6 is 11.6 Å². The van der Waals surface area contributed by atoms with Crippen molar-refractivity contribution in [2.45, 2.75) is 45.6 Å². The molecule has 0 atom stereocenters. The van der Waals surface area contributed by atoms with Gasteiger partial charge in [-0.25, -0.2) is 0 Å². The van der Waals surface area contributed by atoms with E-state index < -0.39 is 0 Å². The number of hydrogen-bond donors (Lipinski definition) is 0. The van der Waals surface area contributed by atoms with Crippen LogP contribution in [0.2, 0.25) is 5.02 Å². The standard InChI is InChI=1S/C16H22ClNO/c1-16(2)9-7-12(8-10-16)18(3)15-6-4-5-14(17)13(15)11-19/h4-6,11-12H,7-10H2,1-3H3. The number of halogens is 1. The van der Waals surface area contributed by atoms with Crippen LogP contribution in [0.4, 0.5) is 5.69 Å². The van der Waals surface area contributed by atoms with Gasteiger partial charge < -0.3 is 4.90 Å². The monoisotopic (exact) mass is 279 g/mol. The second kappa shape index (κ2) is 5.54. The quantitative estimate of drug-likeness (QED) is 0.756. The number of carbonyl (C=O) groups is 1. The fourth-order valence-electron chi connectivity index (χ4n) is 2.92. The molecule has 1 fully saturated rings. The van der Waals surface area contributed by atoms with Gasteiger partial charge in [-0.15, -0.1) is 0 Å². The third-order valence-corrected chi connectivity index (χ3v) is 4.71. The van der Waals surface area contributed by atoms with Crippen molar-refractivity contribution in [3.05, 3.63) is 28.8 Å². The molecule has 1 aromatic carbocycles. The first-order valence-electron chi connectivity index (χ1n) is 6.91. The predicted molar refractivity (Wildman–Crippen MR) is 81.3 cm³/mol. The van der Waals surface area contributed by atoms with Crippen molar-refractivity contribution < 1.29 is 4.79 Å². The molecule has 1 aromatic rings. The summed E-state index contributed by atoms with van der Waals surface area (Å²) in [6, 6.07) is 6.17. The minimum atomic E-state index is 0.458. The summed E-state index contributed by atoms with van der Waals surface area (Å²) >= 11 is 6.10. The Bertz CT molecular complexity index is 460. The molecule has 0 N–H and O–H groups in total. The molecule has 1 aliphatic carbocycles. The number of anilines is 1. The molecule has 1 saturated carbocycles. The van der Waals surface area contributed by atoms with Crippen molar-refractivity contribution in [2.24, 2.45) is 5.41 Å². The summed E-state index contributed by atoms with van der Waals surface area (Å²) in [6.07, 6.45) is 5.68. The van der Waals surface area contributed by atoms with Crippen LogP contribution in [0.3, 0.4) is 0 Å². The van der Waals surface area contributed by atoms with E-state index in [0.717, 1.165) is 12.0 Å². The van der Waals surface area contributed by atoms with E-state index in [1.807, 2.05) is 12.1 Å². The molecule has 0 aromatic heterocycles. The lowest BCUT2D eigenvalue weighted by molar-refractivity contribution is 0.112. The second-order valence-electron chi connectivity index (χ2n) is 6.30. The highest BCUT2D eigenvalue weighted by molar-refractivity contribution is 6.33. The van der Waals surface area contributed by atoms with Crippen LogP contribution in [-0.4, -0.2) is 19.4 Å². The zero-order chi connectivity index (χ0) is 14.0. The van der Waals surface area contributed by atoms with E-state index in [2.05, 4.69) is 25.8 Å². The molecule has 2 nitrogen and oxygen atoms in total. The summed E-state index contributed by atoms with van der Waals surface area (Å²) in [5, 5.41) is 0.537.